The van der Waals surface area contributed by atoms with Crippen LogP contribution in [0.15, 0.2) is 10.6 Å². The predicted octanol–water partition coefficient (Wildman–Crippen LogP) is 1.02. The highest BCUT2D eigenvalue weighted by Gasteiger charge is 2.06. The third-order valence-electron chi connectivity index (χ3n) is 1.21. The lowest BCUT2D eigenvalue weighted by Gasteiger charge is -1.87. The van der Waals surface area contributed by atoms with Crippen LogP contribution in [0.1, 0.15) is 23.2 Å². The maximum atomic E-state index is 10.7. The fourth-order valence-electron chi connectivity index (χ4n) is 0.689. The summed E-state index contributed by atoms with van der Waals surface area (Å²) in [6.45, 7) is 1.79. The lowest BCUT2D eigenvalue weighted by atomic mass is 10.3. The fraction of sp³-hybridized carbons (Fsp3) is 0.429. The number of methoxy groups -OCH3 is 1. The molecule has 0 spiro atoms. The van der Waals surface area contributed by atoms with Gasteiger partial charge in [-0.2, -0.15) is 0 Å². The summed E-state index contributed by atoms with van der Waals surface area (Å²) in [5.74, 6) is 0.466. The SMILES string of the molecule is COCc1cc(C(C)=O)no1. The summed E-state index contributed by atoms with van der Waals surface area (Å²) < 4.78 is 9.55. The number of rotatable bonds is 3. The van der Waals surface area contributed by atoms with Gasteiger partial charge in [-0.3, -0.25) is 4.79 Å². The molecule has 0 N–H and O–H groups in total. The summed E-state index contributed by atoms with van der Waals surface area (Å²) >= 11 is 0. The summed E-state index contributed by atoms with van der Waals surface area (Å²) in [4.78, 5) is 10.7. The van der Waals surface area contributed by atoms with Gasteiger partial charge >= 0.3 is 0 Å². The van der Waals surface area contributed by atoms with Crippen molar-refractivity contribution in [3.63, 3.8) is 0 Å². The molecule has 0 saturated heterocycles. The van der Waals surface area contributed by atoms with E-state index in [2.05, 4.69) is 5.16 Å². The molecule has 0 aliphatic carbocycles. The summed E-state index contributed by atoms with van der Waals surface area (Å²) in [6, 6.07) is 1.58. The second kappa shape index (κ2) is 3.30. The Morgan fingerprint density at radius 2 is 2.55 bits per heavy atom. The zero-order valence-electron chi connectivity index (χ0n) is 6.46. The van der Waals surface area contributed by atoms with Gasteiger partial charge in [0, 0.05) is 20.1 Å². The van der Waals surface area contributed by atoms with Gasteiger partial charge in [0.2, 0.25) is 0 Å². The number of Topliss-reactive ketones (excluding diaryl/α,β-unsaturated/α-hetero) is 1. The zero-order chi connectivity index (χ0) is 8.27. The number of carbonyl (C=O) groups excluding carboxylic acids is 1. The molecule has 0 radical (unpaired) electrons. The van der Waals surface area contributed by atoms with Crippen LogP contribution in [0.3, 0.4) is 0 Å². The van der Waals surface area contributed by atoms with Crippen molar-refractivity contribution < 1.29 is 14.1 Å². The lowest BCUT2D eigenvalue weighted by molar-refractivity contribution is 0.100. The smallest absolute Gasteiger partial charge is 0.181 e. The topological polar surface area (TPSA) is 52.3 Å². The number of ketones is 1. The minimum atomic E-state index is -0.101. The van der Waals surface area contributed by atoms with Crippen LogP contribution in [0, 0.1) is 0 Å². The van der Waals surface area contributed by atoms with E-state index in [-0.39, 0.29) is 5.78 Å². The first-order valence-corrected chi connectivity index (χ1v) is 3.19. The van der Waals surface area contributed by atoms with Crippen LogP contribution in [0.5, 0.6) is 0 Å². The third kappa shape index (κ3) is 1.88. The molecule has 0 fully saturated rings. The molecule has 0 aromatic carbocycles. The van der Waals surface area contributed by atoms with E-state index in [1.54, 1.807) is 13.2 Å². The van der Waals surface area contributed by atoms with E-state index in [1.807, 2.05) is 0 Å². The Bertz CT molecular complexity index is 254. The molecule has 11 heavy (non-hydrogen) atoms. The monoisotopic (exact) mass is 155 g/mol. The van der Waals surface area contributed by atoms with Gasteiger partial charge in [0.1, 0.15) is 12.3 Å². The summed E-state index contributed by atoms with van der Waals surface area (Å²) in [5, 5.41) is 3.53. The van der Waals surface area contributed by atoms with Crippen LogP contribution in [0.4, 0.5) is 0 Å². The van der Waals surface area contributed by atoms with Gasteiger partial charge in [-0.25, -0.2) is 0 Å². The van der Waals surface area contributed by atoms with Crippen molar-refractivity contribution in [2.75, 3.05) is 7.11 Å². The van der Waals surface area contributed by atoms with E-state index in [4.69, 9.17) is 9.26 Å². The average molecular weight is 155 g/mol. The van der Waals surface area contributed by atoms with Gasteiger partial charge < -0.3 is 9.26 Å². The molecule has 60 valence electrons. The van der Waals surface area contributed by atoms with E-state index in [0.29, 0.717) is 18.1 Å². The van der Waals surface area contributed by atoms with Gasteiger partial charge in [-0.1, -0.05) is 5.16 Å². The number of hydrogen-bond acceptors (Lipinski definition) is 4. The van der Waals surface area contributed by atoms with E-state index in [1.165, 1.54) is 6.92 Å². The normalized spacial score (nSPS) is 10.0. The average Bonchev–Trinajstić information content (AvgIpc) is 2.37. The first-order valence-electron chi connectivity index (χ1n) is 3.19. The van der Waals surface area contributed by atoms with Gasteiger partial charge in [0.05, 0.1) is 0 Å². The van der Waals surface area contributed by atoms with Crippen molar-refractivity contribution in [3.05, 3.63) is 17.5 Å². The molecule has 1 aromatic heterocycles. The Morgan fingerprint density at radius 1 is 1.82 bits per heavy atom. The minimum Gasteiger partial charge on any atom is -0.377 e. The van der Waals surface area contributed by atoms with E-state index >= 15 is 0 Å². The molecule has 0 amide bonds. The highest BCUT2D eigenvalue weighted by Crippen LogP contribution is 2.04. The van der Waals surface area contributed by atoms with Gasteiger partial charge in [0.15, 0.2) is 11.5 Å². The van der Waals surface area contributed by atoms with Crippen molar-refractivity contribution >= 4 is 5.78 Å². The first kappa shape index (κ1) is 7.94. The Labute approximate surface area is 64.1 Å². The molecule has 0 unspecified atom stereocenters. The molecular formula is C7H9NO3. The van der Waals surface area contributed by atoms with Crippen LogP contribution < -0.4 is 0 Å². The first-order chi connectivity index (χ1) is 5.24. The second-order valence-corrected chi connectivity index (χ2v) is 2.17. The molecule has 0 aliphatic heterocycles. The van der Waals surface area contributed by atoms with Crippen LogP contribution in [-0.4, -0.2) is 18.0 Å². The Morgan fingerprint density at radius 3 is 3.00 bits per heavy atom. The molecule has 0 atom stereocenters. The highest BCUT2D eigenvalue weighted by atomic mass is 16.5. The molecule has 4 nitrogen and oxygen atoms in total. The number of ether oxygens (including phenoxy) is 1. The molecule has 1 heterocycles. The fourth-order valence-corrected chi connectivity index (χ4v) is 0.689. The predicted molar refractivity (Wildman–Crippen MR) is 37.2 cm³/mol. The quantitative estimate of drug-likeness (QED) is 0.611. The van der Waals surface area contributed by atoms with Crippen LogP contribution in [0.25, 0.3) is 0 Å². The van der Waals surface area contributed by atoms with E-state index in [9.17, 15) is 4.79 Å². The second-order valence-electron chi connectivity index (χ2n) is 2.17. The van der Waals surface area contributed by atoms with Gasteiger partial charge in [0.25, 0.3) is 0 Å². The summed E-state index contributed by atoms with van der Waals surface area (Å²) in [7, 11) is 1.55. The Kier molecular flexibility index (Phi) is 2.38. The number of aromatic nitrogens is 1. The van der Waals surface area contributed by atoms with Crippen molar-refractivity contribution in [1.29, 1.82) is 0 Å². The van der Waals surface area contributed by atoms with Gasteiger partial charge in [-0.15, -0.1) is 0 Å². The van der Waals surface area contributed by atoms with Gasteiger partial charge in [-0.05, 0) is 0 Å². The standard InChI is InChI=1S/C7H9NO3/c1-5(9)7-3-6(4-10-2)11-8-7/h3H,4H2,1-2H3. The maximum absolute atomic E-state index is 10.7. The van der Waals surface area contributed by atoms with Crippen molar-refractivity contribution in [1.82, 2.24) is 5.16 Å². The van der Waals surface area contributed by atoms with Crippen molar-refractivity contribution in [2.24, 2.45) is 0 Å². The number of nitrogens with zero attached hydrogens (tertiary/aromatic N) is 1. The van der Waals surface area contributed by atoms with Crippen LogP contribution in [0.2, 0.25) is 0 Å². The molecule has 0 saturated carbocycles. The summed E-state index contributed by atoms with van der Waals surface area (Å²) in [5.41, 5.74) is 0.344. The molecule has 1 rings (SSSR count). The minimum absolute atomic E-state index is 0.101. The zero-order valence-corrected chi connectivity index (χ0v) is 6.46. The number of hydrogen-bond donors (Lipinski definition) is 0. The molecule has 0 aliphatic rings. The summed E-state index contributed by atoms with van der Waals surface area (Å²) in [6.07, 6.45) is 0. The highest BCUT2D eigenvalue weighted by molar-refractivity contribution is 5.91. The van der Waals surface area contributed by atoms with Crippen LogP contribution in [-0.2, 0) is 11.3 Å². The van der Waals surface area contributed by atoms with Crippen molar-refractivity contribution in [3.8, 4) is 0 Å². The Balaban J connectivity index is 2.73. The molecular weight excluding hydrogens is 146 g/mol. The van der Waals surface area contributed by atoms with E-state index in [0.717, 1.165) is 0 Å². The van der Waals surface area contributed by atoms with Crippen LogP contribution >= 0.6 is 0 Å². The molecule has 4 heteroatoms. The molecule has 0 bridgehead atoms. The lowest BCUT2D eigenvalue weighted by Crippen LogP contribution is -1.90. The molecule has 1 aromatic rings. The number of carbonyl (C=O) groups is 1. The van der Waals surface area contributed by atoms with Crippen molar-refractivity contribution in [2.45, 2.75) is 13.5 Å². The van der Waals surface area contributed by atoms with E-state index < -0.39 is 0 Å². The third-order valence-corrected chi connectivity index (χ3v) is 1.21. The Hall–Kier alpha value is -1.16. The largest absolute Gasteiger partial charge is 0.377 e. The maximum Gasteiger partial charge on any atom is 0.181 e.